The molecule has 1 heterocycles. The van der Waals surface area contributed by atoms with E-state index >= 15 is 0 Å². The minimum Gasteiger partial charge on any atom is -0.351 e. The standard InChI is InChI=1S/C13H16N2O2/c1-3-15(2)13(17)11-8-14-12(16)10-7-5-4-6-9(10)11/h4-7,11H,3,8H2,1-2H3,(H,14,16). The molecule has 2 rings (SSSR count). The molecule has 1 aliphatic rings. The van der Waals surface area contributed by atoms with Crippen molar-refractivity contribution in [1.82, 2.24) is 10.2 Å². The van der Waals surface area contributed by atoms with E-state index in [1.807, 2.05) is 25.1 Å². The summed E-state index contributed by atoms with van der Waals surface area (Å²) in [6.07, 6.45) is 0. The molecule has 4 heteroatoms. The summed E-state index contributed by atoms with van der Waals surface area (Å²) in [6.45, 7) is 3.00. The molecular weight excluding hydrogens is 216 g/mol. The Hall–Kier alpha value is -1.84. The summed E-state index contributed by atoms with van der Waals surface area (Å²) in [5, 5.41) is 2.76. The van der Waals surface area contributed by atoms with E-state index in [1.54, 1.807) is 18.0 Å². The summed E-state index contributed by atoms with van der Waals surface area (Å²) in [5.41, 5.74) is 1.45. The highest BCUT2D eigenvalue weighted by Crippen LogP contribution is 2.25. The van der Waals surface area contributed by atoms with Gasteiger partial charge in [-0.15, -0.1) is 0 Å². The molecule has 1 N–H and O–H groups in total. The summed E-state index contributed by atoms with van der Waals surface area (Å²) in [5.74, 6) is -0.294. The highest BCUT2D eigenvalue weighted by atomic mass is 16.2. The van der Waals surface area contributed by atoms with Gasteiger partial charge in [-0.05, 0) is 18.6 Å². The number of nitrogens with one attached hydrogen (secondary N) is 1. The molecule has 2 amide bonds. The van der Waals surface area contributed by atoms with Gasteiger partial charge in [0.15, 0.2) is 0 Å². The van der Waals surface area contributed by atoms with Crippen LogP contribution in [0, 0.1) is 0 Å². The molecular formula is C13H16N2O2. The van der Waals surface area contributed by atoms with Crippen molar-refractivity contribution in [2.45, 2.75) is 12.8 Å². The normalized spacial score (nSPS) is 18.2. The summed E-state index contributed by atoms with van der Waals surface area (Å²) in [7, 11) is 1.78. The first-order valence-corrected chi connectivity index (χ1v) is 5.77. The van der Waals surface area contributed by atoms with Gasteiger partial charge in [-0.2, -0.15) is 0 Å². The Balaban J connectivity index is 2.36. The first-order chi connectivity index (χ1) is 8.15. The molecule has 0 aliphatic carbocycles. The predicted octanol–water partition coefficient (Wildman–Crippen LogP) is 0.992. The van der Waals surface area contributed by atoms with Gasteiger partial charge in [-0.3, -0.25) is 9.59 Å². The zero-order valence-electron chi connectivity index (χ0n) is 10.1. The molecule has 1 aromatic rings. The molecule has 0 radical (unpaired) electrons. The molecule has 1 unspecified atom stereocenters. The molecule has 1 atom stereocenters. The van der Waals surface area contributed by atoms with Crippen LogP contribution in [0.25, 0.3) is 0 Å². The third-order valence-corrected chi connectivity index (χ3v) is 3.20. The van der Waals surface area contributed by atoms with Crippen LogP contribution in [-0.2, 0) is 4.79 Å². The van der Waals surface area contributed by atoms with E-state index in [0.29, 0.717) is 18.7 Å². The minimum atomic E-state index is -0.256. The Bertz CT molecular complexity index is 456. The summed E-state index contributed by atoms with van der Waals surface area (Å²) < 4.78 is 0. The van der Waals surface area contributed by atoms with Crippen molar-refractivity contribution in [3.63, 3.8) is 0 Å². The lowest BCUT2D eigenvalue weighted by atomic mass is 9.89. The number of rotatable bonds is 2. The second-order valence-electron chi connectivity index (χ2n) is 4.20. The molecule has 90 valence electrons. The van der Waals surface area contributed by atoms with Gasteiger partial charge >= 0.3 is 0 Å². The van der Waals surface area contributed by atoms with Crippen molar-refractivity contribution in [2.75, 3.05) is 20.1 Å². The molecule has 0 aromatic heterocycles. The lowest BCUT2D eigenvalue weighted by molar-refractivity contribution is -0.131. The Morgan fingerprint density at radius 3 is 2.88 bits per heavy atom. The molecule has 4 nitrogen and oxygen atoms in total. The second kappa shape index (κ2) is 4.57. The molecule has 0 bridgehead atoms. The fourth-order valence-corrected chi connectivity index (χ4v) is 2.05. The van der Waals surface area contributed by atoms with E-state index in [2.05, 4.69) is 5.32 Å². The average molecular weight is 232 g/mol. The fourth-order valence-electron chi connectivity index (χ4n) is 2.05. The van der Waals surface area contributed by atoms with Gasteiger partial charge in [0.05, 0.1) is 5.92 Å². The largest absolute Gasteiger partial charge is 0.351 e. The van der Waals surface area contributed by atoms with Crippen molar-refractivity contribution < 1.29 is 9.59 Å². The van der Waals surface area contributed by atoms with Crippen LogP contribution < -0.4 is 5.32 Å². The Morgan fingerprint density at radius 2 is 2.18 bits per heavy atom. The van der Waals surface area contributed by atoms with Gasteiger partial charge in [0.1, 0.15) is 0 Å². The molecule has 0 saturated carbocycles. The quantitative estimate of drug-likeness (QED) is 0.826. The smallest absolute Gasteiger partial charge is 0.251 e. The van der Waals surface area contributed by atoms with Crippen LogP contribution in [0.15, 0.2) is 24.3 Å². The zero-order chi connectivity index (χ0) is 12.4. The number of amides is 2. The number of likely N-dealkylation sites (N-methyl/N-ethyl adjacent to an activating group) is 1. The molecule has 0 fully saturated rings. The highest BCUT2D eigenvalue weighted by molar-refractivity contribution is 6.00. The van der Waals surface area contributed by atoms with Crippen LogP contribution in [0.3, 0.4) is 0 Å². The monoisotopic (exact) mass is 232 g/mol. The third kappa shape index (κ3) is 2.02. The lowest BCUT2D eigenvalue weighted by Gasteiger charge is -2.28. The number of fused-ring (bicyclic) bond motifs is 1. The number of hydrogen-bond donors (Lipinski definition) is 1. The van der Waals surface area contributed by atoms with Gasteiger partial charge in [-0.25, -0.2) is 0 Å². The van der Waals surface area contributed by atoms with E-state index in [-0.39, 0.29) is 17.7 Å². The Labute approximate surface area is 101 Å². The van der Waals surface area contributed by atoms with Crippen LogP contribution in [0.1, 0.15) is 28.8 Å². The first-order valence-electron chi connectivity index (χ1n) is 5.77. The van der Waals surface area contributed by atoms with Gasteiger partial charge in [-0.1, -0.05) is 18.2 Å². The number of nitrogens with zero attached hydrogens (tertiary/aromatic N) is 1. The molecule has 1 aromatic carbocycles. The SMILES string of the molecule is CCN(C)C(=O)C1CNC(=O)c2ccccc21. The van der Waals surface area contributed by atoms with Gasteiger partial charge < -0.3 is 10.2 Å². The predicted molar refractivity (Wildman–Crippen MR) is 64.8 cm³/mol. The van der Waals surface area contributed by atoms with Crippen molar-refractivity contribution >= 4 is 11.8 Å². The summed E-state index contributed by atoms with van der Waals surface area (Å²) >= 11 is 0. The zero-order valence-corrected chi connectivity index (χ0v) is 10.1. The Morgan fingerprint density at radius 1 is 1.47 bits per heavy atom. The number of carbonyl (C=O) groups is 2. The number of hydrogen-bond acceptors (Lipinski definition) is 2. The Kier molecular flexibility index (Phi) is 3.13. The molecule has 17 heavy (non-hydrogen) atoms. The van der Waals surface area contributed by atoms with Gasteiger partial charge in [0.2, 0.25) is 5.91 Å². The third-order valence-electron chi connectivity index (χ3n) is 3.20. The summed E-state index contributed by atoms with van der Waals surface area (Å²) in [4.78, 5) is 25.5. The van der Waals surface area contributed by atoms with E-state index in [9.17, 15) is 9.59 Å². The van der Waals surface area contributed by atoms with E-state index in [4.69, 9.17) is 0 Å². The fraction of sp³-hybridized carbons (Fsp3) is 0.385. The van der Waals surface area contributed by atoms with Crippen LogP contribution in [-0.4, -0.2) is 36.9 Å². The van der Waals surface area contributed by atoms with Gasteiger partial charge in [0, 0.05) is 25.7 Å². The van der Waals surface area contributed by atoms with E-state index < -0.39 is 0 Å². The van der Waals surface area contributed by atoms with E-state index in [1.165, 1.54) is 0 Å². The highest BCUT2D eigenvalue weighted by Gasteiger charge is 2.31. The average Bonchev–Trinajstić information content (AvgIpc) is 2.38. The minimum absolute atomic E-state index is 0.0555. The number of benzene rings is 1. The molecule has 0 saturated heterocycles. The van der Waals surface area contributed by atoms with Crippen molar-refractivity contribution in [1.29, 1.82) is 0 Å². The molecule has 0 spiro atoms. The van der Waals surface area contributed by atoms with Crippen LogP contribution in [0.5, 0.6) is 0 Å². The van der Waals surface area contributed by atoms with E-state index in [0.717, 1.165) is 5.56 Å². The van der Waals surface area contributed by atoms with Gasteiger partial charge in [0.25, 0.3) is 5.91 Å². The topological polar surface area (TPSA) is 49.4 Å². The maximum Gasteiger partial charge on any atom is 0.251 e. The maximum absolute atomic E-state index is 12.2. The number of carbonyl (C=O) groups excluding carboxylic acids is 2. The van der Waals surface area contributed by atoms with Crippen LogP contribution in [0.4, 0.5) is 0 Å². The van der Waals surface area contributed by atoms with Crippen LogP contribution >= 0.6 is 0 Å². The maximum atomic E-state index is 12.2. The lowest BCUT2D eigenvalue weighted by Crippen LogP contribution is -2.42. The van der Waals surface area contributed by atoms with Crippen molar-refractivity contribution in [3.8, 4) is 0 Å². The first kappa shape index (κ1) is 11.6. The second-order valence-corrected chi connectivity index (χ2v) is 4.20. The van der Waals surface area contributed by atoms with Crippen LogP contribution in [0.2, 0.25) is 0 Å². The summed E-state index contributed by atoms with van der Waals surface area (Å²) in [6, 6.07) is 7.30. The van der Waals surface area contributed by atoms with Crippen molar-refractivity contribution in [3.05, 3.63) is 35.4 Å². The van der Waals surface area contributed by atoms with Crippen molar-refractivity contribution in [2.24, 2.45) is 0 Å². The molecule has 1 aliphatic heterocycles.